The number of nitrogens with zero attached hydrogens (tertiary/aromatic N) is 1. The van der Waals surface area contributed by atoms with Gasteiger partial charge in [-0.1, -0.05) is 51.1 Å². The quantitative estimate of drug-likeness (QED) is 0.894. The van der Waals surface area contributed by atoms with Crippen molar-refractivity contribution in [2.45, 2.75) is 26.2 Å². The Morgan fingerprint density at radius 1 is 1.22 bits per heavy atom. The van der Waals surface area contributed by atoms with Crippen LogP contribution in [0.5, 0.6) is 0 Å². The molecule has 0 fully saturated rings. The Morgan fingerprint density at radius 2 is 1.83 bits per heavy atom. The summed E-state index contributed by atoms with van der Waals surface area (Å²) in [4.78, 5) is 16.3. The van der Waals surface area contributed by atoms with Crippen molar-refractivity contribution in [3.63, 3.8) is 0 Å². The number of aromatic carboxylic acids is 1. The van der Waals surface area contributed by atoms with E-state index in [9.17, 15) is 9.90 Å². The molecule has 0 radical (unpaired) electrons. The third kappa shape index (κ3) is 2.43. The molecule has 1 heterocycles. The summed E-state index contributed by atoms with van der Waals surface area (Å²) in [5, 5.41) is 10.00. The first-order chi connectivity index (χ1) is 8.39. The second-order valence-electron chi connectivity index (χ2n) is 5.12. The fourth-order valence-electron chi connectivity index (χ4n) is 1.68. The van der Waals surface area contributed by atoms with Gasteiger partial charge in [0.25, 0.3) is 0 Å². The zero-order chi connectivity index (χ0) is 13.3. The molecular weight excluding hydrogens is 246 g/mol. The van der Waals surface area contributed by atoms with Gasteiger partial charge in [0.15, 0.2) is 5.69 Å². The normalized spacial score (nSPS) is 11.5. The van der Waals surface area contributed by atoms with E-state index in [0.29, 0.717) is 0 Å². The fraction of sp³-hybridized carbons (Fsp3) is 0.286. The Bertz CT molecular complexity index is 567. The topological polar surface area (TPSA) is 50.2 Å². The SMILES string of the molecule is CC(C)(C)c1sc(-c2ccccc2)nc1C(=O)O. The Hall–Kier alpha value is -1.68. The average Bonchev–Trinajstić information content (AvgIpc) is 2.74. The molecule has 0 saturated heterocycles. The number of benzene rings is 1. The van der Waals surface area contributed by atoms with Crippen molar-refractivity contribution in [3.05, 3.63) is 40.9 Å². The third-order valence-corrected chi connectivity index (χ3v) is 4.06. The number of carboxylic acids is 1. The minimum atomic E-state index is -0.960. The van der Waals surface area contributed by atoms with E-state index >= 15 is 0 Å². The van der Waals surface area contributed by atoms with Crippen LogP contribution in [-0.2, 0) is 5.41 Å². The molecule has 0 aliphatic carbocycles. The summed E-state index contributed by atoms with van der Waals surface area (Å²) in [6.07, 6.45) is 0. The Balaban J connectivity index is 2.57. The summed E-state index contributed by atoms with van der Waals surface area (Å²) >= 11 is 1.46. The summed E-state index contributed by atoms with van der Waals surface area (Å²) in [5.74, 6) is -0.960. The molecule has 3 nitrogen and oxygen atoms in total. The van der Waals surface area contributed by atoms with Gasteiger partial charge in [-0.2, -0.15) is 0 Å². The molecule has 0 bridgehead atoms. The fourth-order valence-corrected chi connectivity index (χ4v) is 2.80. The minimum Gasteiger partial charge on any atom is -0.476 e. The summed E-state index contributed by atoms with van der Waals surface area (Å²) in [6, 6.07) is 9.66. The van der Waals surface area contributed by atoms with Gasteiger partial charge in [0, 0.05) is 10.4 Å². The lowest BCUT2D eigenvalue weighted by molar-refractivity contribution is 0.0689. The monoisotopic (exact) mass is 261 g/mol. The molecular formula is C14H15NO2S. The molecule has 18 heavy (non-hydrogen) atoms. The smallest absolute Gasteiger partial charge is 0.355 e. The molecule has 0 saturated carbocycles. The maximum absolute atomic E-state index is 11.3. The lowest BCUT2D eigenvalue weighted by Gasteiger charge is -2.16. The van der Waals surface area contributed by atoms with Crippen molar-refractivity contribution in [2.24, 2.45) is 0 Å². The minimum absolute atomic E-state index is 0.173. The second kappa shape index (κ2) is 4.53. The first-order valence-electron chi connectivity index (χ1n) is 5.69. The van der Waals surface area contributed by atoms with Crippen LogP contribution in [0.25, 0.3) is 10.6 Å². The van der Waals surface area contributed by atoms with Crippen LogP contribution < -0.4 is 0 Å². The highest BCUT2D eigenvalue weighted by atomic mass is 32.1. The highest BCUT2D eigenvalue weighted by molar-refractivity contribution is 7.15. The Morgan fingerprint density at radius 3 is 2.28 bits per heavy atom. The van der Waals surface area contributed by atoms with Crippen LogP contribution in [0, 0.1) is 0 Å². The zero-order valence-corrected chi connectivity index (χ0v) is 11.4. The van der Waals surface area contributed by atoms with E-state index < -0.39 is 5.97 Å². The number of carboxylic acid groups (broad SMARTS) is 1. The first-order valence-corrected chi connectivity index (χ1v) is 6.51. The van der Waals surface area contributed by atoms with Gasteiger partial charge in [-0.25, -0.2) is 9.78 Å². The summed E-state index contributed by atoms with van der Waals surface area (Å²) in [6.45, 7) is 6.01. The van der Waals surface area contributed by atoms with Crippen LogP contribution in [0.4, 0.5) is 0 Å². The molecule has 2 rings (SSSR count). The predicted molar refractivity (Wildman–Crippen MR) is 73.2 cm³/mol. The van der Waals surface area contributed by atoms with Crippen molar-refractivity contribution in [2.75, 3.05) is 0 Å². The van der Waals surface area contributed by atoms with Crippen LogP contribution in [-0.4, -0.2) is 16.1 Å². The van der Waals surface area contributed by atoms with Crippen LogP contribution in [0.1, 0.15) is 36.1 Å². The molecule has 1 aromatic heterocycles. The molecule has 0 aliphatic heterocycles. The average molecular weight is 261 g/mol. The van der Waals surface area contributed by atoms with Gasteiger partial charge in [0.2, 0.25) is 0 Å². The molecule has 0 amide bonds. The Kier molecular flexibility index (Phi) is 3.22. The van der Waals surface area contributed by atoms with Crippen molar-refractivity contribution >= 4 is 17.3 Å². The van der Waals surface area contributed by atoms with Gasteiger partial charge in [-0.3, -0.25) is 0 Å². The number of rotatable bonds is 2. The number of aromatic nitrogens is 1. The summed E-state index contributed by atoms with van der Waals surface area (Å²) in [5.41, 5.74) is 0.921. The standard InChI is InChI=1S/C14H15NO2S/c1-14(2,3)11-10(13(16)17)15-12(18-11)9-7-5-4-6-8-9/h4-8H,1-3H3,(H,16,17). The lowest BCUT2D eigenvalue weighted by Crippen LogP contribution is -2.14. The van der Waals surface area contributed by atoms with Crippen LogP contribution in [0.15, 0.2) is 30.3 Å². The number of hydrogen-bond acceptors (Lipinski definition) is 3. The first kappa shape index (κ1) is 12.8. The Labute approximate surface area is 110 Å². The van der Waals surface area contributed by atoms with Crippen molar-refractivity contribution < 1.29 is 9.90 Å². The highest BCUT2D eigenvalue weighted by Crippen LogP contribution is 2.35. The molecule has 2 aromatic rings. The summed E-state index contributed by atoms with van der Waals surface area (Å²) in [7, 11) is 0. The molecule has 0 atom stereocenters. The molecule has 4 heteroatoms. The molecule has 0 aliphatic rings. The van der Waals surface area contributed by atoms with Gasteiger partial charge < -0.3 is 5.11 Å². The van der Waals surface area contributed by atoms with Crippen LogP contribution >= 0.6 is 11.3 Å². The third-order valence-electron chi connectivity index (χ3n) is 2.53. The molecule has 94 valence electrons. The number of hydrogen-bond donors (Lipinski definition) is 1. The largest absolute Gasteiger partial charge is 0.476 e. The molecule has 1 aromatic carbocycles. The van der Waals surface area contributed by atoms with E-state index in [1.807, 2.05) is 51.1 Å². The van der Waals surface area contributed by atoms with E-state index in [-0.39, 0.29) is 11.1 Å². The molecule has 0 unspecified atom stereocenters. The van der Waals surface area contributed by atoms with Crippen molar-refractivity contribution in [1.82, 2.24) is 4.98 Å². The van der Waals surface area contributed by atoms with Gasteiger partial charge in [-0.15, -0.1) is 11.3 Å². The second-order valence-corrected chi connectivity index (χ2v) is 6.12. The zero-order valence-electron chi connectivity index (χ0n) is 10.6. The van der Waals surface area contributed by atoms with Crippen molar-refractivity contribution in [1.29, 1.82) is 0 Å². The van der Waals surface area contributed by atoms with E-state index in [4.69, 9.17) is 0 Å². The van der Waals surface area contributed by atoms with Gasteiger partial charge in [0.1, 0.15) is 5.01 Å². The van der Waals surface area contributed by atoms with Crippen LogP contribution in [0.2, 0.25) is 0 Å². The maximum atomic E-state index is 11.3. The van der Waals surface area contributed by atoms with Crippen LogP contribution in [0.3, 0.4) is 0 Å². The van der Waals surface area contributed by atoms with Gasteiger partial charge >= 0.3 is 5.97 Å². The number of carbonyl (C=O) groups is 1. The molecule has 0 spiro atoms. The van der Waals surface area contributed by atoms with E-state index in [0.717, 1.165) is 15.4 Å². The summed E-state index contributed by atoms with van der Waals surface area (Å²) < 4.78 is 0. The lowest BCUT2D eigenvalue weighted by atomic mass is 9.93. The number of thiazole rings is 1. The molecule has 1 N–H and O–H groups in total. The maximum Gasteiger partial charge on any atom is 0.355 e. The van der Waals surface area contributed by atoms with E-state index in [1.165, 1.54) is 11.3 Å². The van der Waals surface area contributed by atoms with Gasteiger partial charge in [0.05, 0.1) is 0 Å². The predicted octanol–water partition coefficient (Wildman–Crippen LogP) is 3.81. The van der Waals surface area contributed by atoms with E-state index in [1.54, 1.807) is 0 Å². The van der Waals surface area contributed by atoms with E-state index in [2.05, 4.69) is 4.98 Å². The van der Waals surface area contributed by atoms with Gasteiger partial charge in [-0.05, 0) is 5.41 Å². The van der Waals surface area contributed by atoms with Crippen molar-refractivity contribution in [3.8, 4) is 10.6 Å². The highest BCUT2D eigenvalue weighted by Gasteiger charge is 2.27.